The molecule has 15 heavy (non-hydrogen) atoms. The predicted molar refractivity (Wildman–Crippen MR) is 62.8 cm³/mol. The molecular formula is C11H20N4. The second kappa shape index (κ2) is 3.76. The van der Waals surface area contributed by atoms with E-state index in [4.69, 9.17) is 5.73 Å². The van der Waals surface area contributed by atoms with Crippen LogP contribution in [0, 0.1) is 12.8 Å². The molecule has 1 aliphatic rings. The first-order valence-electron chi connectivity index (χ1n) is 5.63. The van der Waals surface area contributed by atoms with Gasteiger partial charge in [-0.25, -0.2) is 0 Å². The average molecular weight is 208 g/mol. The van der Waals surface area contributed by atoms with Crippen LogP contribution in [0.3, 0.4) is 0 Å². The lowest BCUT2D eigenvalue weighted by atomic mass is 10.1. The third-order valence-corrected chi connectivity index (χ3v) is 3.30. The summed E-state index contributed by atoms with van der Waals surface area (Å²) in [6, 6.07) is 0.567. The first kappa shape index (κ1) is 10.3. The Morgan fingerprint density at radius 1 is 1.47 bits per heavy atom. The molecule has 0 spiro atoms. The van der Waals surface area contributed by atoms with Crippen molar-refractivity contribution in [3.8, 4) is 0 Å². The monoisotopic (exact) mass is 208 g/mol. The van der Waals surface area contributed by atoms with Crippen LogP contribution in [0.4, 0.5) is 11.5 Å². The average Bonchev–Trinajstić information content (AvgIpc) is 2.67. The number of aryl methyl sites for hydroxylation is 2. The van der Waals surface area contributed by atoms with Gasteiger partial charge in [-0.05, 0) is 32.1 Å². The van der Waals surface area contributed by atoms with Crippen molar-refractivity contribution in [2.24, 2.45) is 13.0 Å². The minimum absolute atomic E-state index is 0.567. The topological polar surface area (TPSA) is 55.9 Å². The summed E-state index contributed by atoms with van der Waals surface area (Å²) in [4.78, 5) is 0. The van der Waals surface area contributed by atoms with Gasteiger partial charge < -0.3 is 11.1 Å². The molecule has 0 amide bonds. The summed E-state index contributed by atoms with van der Waals surface area (Å²) in [7, 11) is 1.93. The molecule has 0 aromatic carbocycles. The number of nitrogen functional groups attached to an aromatic ring is 1. The Morgan fingerprint density at radius 2 is 2.20 bits per heavy atom. The number of anilines is 2. The lowest BCUT2D eigenvalue weighted by Gasteiger charge is -2.14. The minimum atomic E-state index is 0.567. The smallest absolute Gasteiger partial charge is 0.147 e. The number of nitrogens with zero attached hydrogens (tertiary/aromatic N) is 2. The van der Waals surface area contributed by atoms with E-state index < -0.39 is 0 Å². The van der Waals surface area contributed by atoms with Crippen LogP contribution in [0.15, 0.2) is 0 Å². The molecular weight excluding hydrogens is 188 g/mol. The summed E-state index contributed by atoms with van der Waals surface area (Å²) in [5, 5.41) is 7.80. The SMILES string of the molecule is Cc1nn(C)c(NC2CCC(C)C2)c1N. The summed E-state index contributed by atoms with van der Waals surface area (Å²) in [5.41, 5.74) is 7.67. The maximum Gasteiger partial charge on any atom is 0.147 e. The van der Waals surface area contributed by atoms with Gasteiger partial charge in [-0.3, -0.25) is 4.68 Å². The Kier molecular flexibility index (Phi) is 2.59. The maximum atomic E-state index is 5.97. The van der Waals surface area contributed by atoms with Crippen LogP contribution in [0.1, 0.15) is 31.9 Å². The molecule has 4 heteroatoms. The van der Waals surface area contributed by atoms with E-state index >= 15 is 0 Å². The van der Waals surface area contributed by atoms with E-state index in [0.717, 1.165) is 23.1 Å². The molecule has 0 aliphatic heterocycles. The Hall–Kier alpha value is -1.19. The number of hydrogen-bond donors (Lipinski definition) is 2. The molecule has 1 fully saturated rings. The minimum Gasteiger partial charge on any atom is -0.394 e. The Balaban J connectivity index is 2.10. The number of hydrogen-bond acceptors (Lipinski definition) is 3. The van der Waals surface area contributed by atoms with Gasteiger partial charge in [0.05, 0.1) is 11.4 Å². The zero-order valence-electron chi connectivity index (χ0n) is 9.75. The second-order valence-corrected chi connectivity index (χ2v) is 4.73. The highest BCUT2D eigenvalue weighted by Crippen LogP contribution is 2.30. The van der Waals surface area contributed by atoms with E-state index in [-0.39, 0.29) is 0 Å². The van der Waals surface area contributed by atoms with E-state index in [9.17, 15) is 0 Å². The molecule has 1 aromatic rings. The fourth-order valence-electron chi connectivity index (χ4n) is 2.38. The first-order valence-corrected chi connectivity index (χ1v) is 5.63. The van der Waals surface area contributed by atoms with E-state index in [2.05, 4.69) is 17.3 Å². The Morgan fingerprint density at radius 3 is 2.67 bits per heavy atom. The molecule has 0 saturated heterocycles. The largest absolute Gasteiger partial charge is 0.394 e. The third kappa shape index (κ3) is 1.94. The van der Waals surface area contributed by atoms with Gasteiger partial charge in [-0.2, -0.15) is 5.10 Å². The van der Waals surface area contributed by atoms with Gasteiger partial charge in [-0.1, -0.05) is 6.92 Å². The zero-order valence-corrected chi connectivity index (χ0v) is 9.75. The van der Waals surface area contributed by atoms with Gasteiger partial charge in [0.25, 0.3) is 0 Å². The highest BCUT2D eigenvalue weighted by Gasteiger charge is 2.23. The lowest BCUT2D eigenvalue weighted by Crippen LogP contribution is -2.18. The van der Waals surface area contributed by atoms with E-state index in [1.165, 1.54) is 19.3 Å². The highest BCUT2D eigenvalue weighted by molar-refractivity contribution is 5.64. The molecule has 1 saturated carbocycles. The van der Waals surface area contributed by atoms with Crippen LogP contribution in [0.25, 0.3) is 0 Å². The maximum absolute atomic E-state index is 5.97. The van der Waals surface area contributed by atoms with E-state index in [0.29, 0.717) is 6.04 Å². The van der Waals surface area contributed by atoms with Gasteiger partial charge in [-0.15, -0.1) is 0 Å². The van der Waals surface area contributed by atoms with Crippen molar-refractivity contribution in [2.75, 3.05) is 11.1 Å². The Labute approximate surface area is 90.8 Å². The summed E-state index contributed by atoms with van der Waals surface area (Å²) in [6.07, 6.45) is 3.79. The molecule has 3 N–H and O–H groups in total. The number of aromatic nitrogens is 2. The molecule has 2 rings (SSSR count). The standard InChI is InChI=1S/C11H20N4/c1-7-4-5-9(6-7)13-11-10(12)8(2)14-15(11)3/h7,9,13H,4-6,12H2,1-3H3. The van der Waals surface area contributed by atoms with Gasteiger partial charge in [0.2, 0.25) is 0 Å². The molecule has 1 aliphatic carbocycles. The quantitative estimate of drug-likeness (QED) is 0.780. The van der Waals surface area contributed by atoms with Gasteiger partial charge >= 0.3 is 0 Å². The number of nitrogens with one attached hydrogen (secondary N) is 1. The molecule has 2 unspecified atom stereocenters. The molecule has 84 valence electrons. The molecule has 1 heterocycles. The van der Waals surface area contributed by atoms with Gasteiger partial charge in [0.1, 0.15) is 5.82 Å². The molecule has 2 atom stereocenters. The number of nitrogens with two attached hydrogens (primary N) is 1. The van der Waals surface area contributed by atoms with Crippen LogP contribution in [0.5, 0.6) is 0 Å². The van der Waals surface area contributed by atoms with Crippen molar-refractivity contribution < 1.29 is 0 Å². The molecule has 0 bridgehead atoms. The highest BCUT2D eigenvalue weighted by atomic mass is 15.3. The molecule has 0 radical (unpaired) electrons. The Bertz CT molecular complexity index is 356. The van der Waals surface area contributed by atoms with Crippen LogP contribution in [0.2, 0.25) is 0 Å². The van der Waals surface area contributed by atoms with Crippen LogP contribution >= 0.6 is 0 Å². The summed E-state index contributed by atoms with van der Waals surface area (Å²) in [5.74, 6) is 1.81. The van der Waals surface area contributed by atoms with Crippen molar-refractivity contribution >= 4 is 11.5 Å². The summed E-state index contributed by atoms with van der Waals surface area (Å²) >= 11 is 0. The molecule has 4 nitrogen and oxygen atoms in total. The first-order chi connectivity index (χ1) is 7.08. The second-order valence-electron chi connectivity index (χ2n) is 4.73. The van der Waals surface area contributed by atoms with E-state index in [1.807, 2.05) is 18.7 Å². The normalized spacial score (nSPS) is 25.8. The van der Waals surface area contributed by atoms with Crippen molar-refractivity contribution in [3.05, 3.63) is 5.69 Å². The van der Waals surface area contributed by atoms with Crippen molar-refractivity contribution in [1.82, 2.24) is 9.78 Å². The molecule has 1 aromatic heterocycles. The zero-order chi connectivity index (χ0) is 11.0. The summed E-state index contributed by atoms with van der Waals surface area (Å²) in [6.45, 7) is 4.25. The number of rotatable bonds is 2. The fraction of sp³-hybridized carbons (Fsp3) is 0.727. The fourth-order valence-corrected chi connectivity index (χ4v) is 2.38. The lowest BCUT2D eigenvalue weighted by molar-refractivity contribution is 0.600. The van der Waals surface area contributed by atoms with Crippen molar-refractivity contribution in [2.45, 2.75) is 39.2 Å². The van der Waals surface area contributed by atoms with Crippen LogP contribution in [-0.4, -0.2) is 15.8 Å². The summed E-state index contributed by atoms with van der Waals surface area (Å²) < 4.78 is 1.84. The van der Waals surface area contributed by atoms with Crippen LogP contribution in [-0.2, 0) is 7.05 Å². The van der Waals surface area contributed by atoms with E-state index in [1.54, 1.807) is 0 Å². The predicted octanol–water partition coefficient (Wildman–Crippen LogP) is 1.91. The third-order valence-electron chi connectivity index (χ3n) is 3.30. The van der Waals surface area contributed by atoms with Crippen LogP contribution < -0.4 is 11.1 Å². The van der Waals surface area contributed by atoms with Gasteiger partial charge in [0.15, 0.2) is 0 Å². The van der Waals surface area contributed by atoms with Gasteiger partial charge in [0, 0.05) is 13.1 Å². The van der Waals surface area contributed by atoms with Crippen molar-refractivity contribution in [1.29, 1.82) is 0 Å². The van der Waals surface area contributed by atoms with Crippen molar-refractivity contribution in [3.63, 3.8) is 0 Å².